The van der Waals surface area contributed by atoms with Crippen LogP contribution in [0.15, 0.2) is 24.3 Å². The molecular formula is C17H27IN2O3S. The maximum Gasteiger partial charge on any atom is 0.241 e. The van der Waals surface area contributed by atoms with Crippen molar-refractivity contribution in [2.75, 3.05) is 17.1 Å². The van der Waals surface area contributed by atoms with Crippen LogP contribution < -0.4 is 9.62 Å². The second-order valence-corrected chi connectivity index (χ2v) is 11.1. The third-order valence-electron chi connectivity index (χ3n) is 3.25. The summed E-state index contributed by atoms with van der Waals surface area (Å²) < 4.78 is 26.3. The highest BCUT2D eigenvalue weighted by atomic mass is 127. The van der Waals surface area contributed by atoms with Crippen molar-refractivity contribution in [3.63, 3.8) is 0 Å². The molecule has 1 N–H and O–H groups in total. The van der Waals surface area contributed by atoms with Crippen molar-refractivity contribution in [2.45, 2.75) is 46.6 Å². The normalized spacial score (nSPS) is 12.8. The summed E-state index contributed by atoms with van der Waals surface area (Å²) >= 11 is 2.15. The van der Waals surface area contributed by atoms with Crippen molar-refractivity contribution in [1.82, 2.24) is 5.32 Å². The van der Waals surface area contributed by atoms with Crippen LogP contribution >= 0.6 is 22.6 Å². The molecule has 1 amide bonds. The number of carbonyl (C=O) groups is 1. The molecule has 5 nitrogen and oxygen atoms in total. The highest BCUT2D eigenvalue weighted by Crippen LogP contribution is 2.27. The van der Waals surface area contributed by atoms with E-state index in [0.717, 1.165) is 20.6 Å². The van der Waals surface area contributed by atoms with E-state index in [4.69, 9.17) is 0 Å². The highest BCUT2D eigenvalue weighted by Gasteiger charge is 2.29. The Morgan fingerprint density at radius 2 is 1.62 bits per heavy atom. The van der Waals surface area contributed by atoms with E-state index in [1.54, 1.807) is 12.1 Å². The molecule has 0 spiro atoms. The minimum Gasteiger partial charge on any atom is -0.350 e. The number of anilines is 1. The van der Waals surface area contributed by atoms with Crippen LogP contribution in [0.25, 0.3) is 0 Å². The second kappa shape index (κ2) is 7.59. The van der Waals surface area contributed by atoms with Gasteiger partial charge in [-0.3, -0.25) is 9.10 Å². The minimum absolute atomic E-state index is 0.0589. The molecule has 0 aliphatic heterocycles. The van der Waals surface area contributed by atoms with Gasteiger partial charge in [-0.15, -0.1) is 0 Å². The Morgan fingerprint density at radius 3 is 2.04 bits per heavy atom. The van der Waals surface area contributed by atoms with Gasteiger partial charge in [0.05, 0.1) is 11.9 Å². The van der Waals surface area contributed by atoms with E-state index < -0.39 is 15.6 Å². The molecule has 0 aliphatic carbocycles. The van der Waals surface area contributed by atoms with Gasteiger partial charge in [-0.25, -0.2) is 8.42 Å². The topological polar surface area (TPSA) is 66.5 Å². The number of rotatable bonds is 6. The summed E-state index contributed by atoms with van der Waals surface area (Å²) in [5, 5.41) is 2.95. The van der Waals surface area contributed by atoms with Gasteiger partial charge >= 0.3 is 0 Å². The molecule has 0 aliphatic rings. The van der Waals surface area contributed by atoms with E-state index in [9.17, 15) is 13.2 Å². The van der Waals surface area contributed by atoms with Gasteiger partial charge in [0.15, 0.2) is 0 Å². The molecule has 0 atom stereocenters. The summed E-state index contributed by atoms with van der Waals surface area (Å²) in [6, 6.07) is 7.04. The van der Waals surface area contributed by atoms with Crippen molar-refractivity contribution in [3.8, 4) is 0 Å². The molecule has 0 bridgehead atoms. The number of nitrogens with zero attached hydrogens (tertiary/aromatic N) is 1. The molecule has 24 heavy (non-hydrogen) atoms. The fraction of sp³-hybridized carbons (Fsp3) is 0.588. The lowest BCUT2D eigenvalue weighted by atomic mass is 9.82. The molecule has 7 heteroatoms. The van der Waals surface area contributed by atoms with Gasteiger partial charge in [-0.05, 0) is 72.5 Å². The standard InChI is InChI=1S/C17H27IN2O3S/c1-16(2,3)12-17(4,5)19-15(21)11-20(24(6,22)23)14-9-7-13(18)8-10-14/h7-10H,11-12H2,1-6H3,(H,19,21). The largest absolute Gasteiger partial charge is 0.350 e. The Hall–Kier alpha value is -0.830. The van der Waals surface area contributed by atoms with Crippen LogP contribution in [0.5, 0.6) is 0 Å². The zero-order valence-corrected chi connectivity index (χ0v) is 18.2. The van der Waals surface area contributed by atoms with Crippen molar-refractivity contribution < 1.29 is 13.2 Å². The molecule has 0 unspecified atom stereocenters. The Bertz CT molecular complexity index is 677. The molecule has 0 saturated heterocycles. The Morgan fingerprint density at radius 1 is 1.12 bits per heavy atom. The SMILES string of the molecule is CC(C)(C)CC(C)(C)NC(=O)CN(c1ccc(I)cc1)S(C)(=O)=O. The van der Waals surface area contributed by atoms with Gasteiger partial charge < -0.3 is 5.32 Å². The zero-order chi connectivity index (χ0) is 18.8. The molecular weight excluding hydrogens is 439 g/mol. The summed E-state index contributed by atoms with van der Waals surface area (Å²) in [6.07, 6.45) is 1.90. The van der Waals surface area contributed by atoms with Gasteiger partial charge in [0, 0.05) is 9.11 Å². The molecule has 0 heterocycles. The van der Waals surface area contributed by atoms with Crippen LogP contribution in [0.1, 0.15) is 41.0 Å². The van der Waals surface area contributed by atoms with E-state index in [1.165, 1.54) is 0 Å². The van der Waals surface area contributed by atoms with Crippen molar-refractivity contribution in [3.05, 3.63) is 27.8 Å². The van der Waals surface area contributed by atoms with Crippen LogP contribution in [-0.4, -0.2) is 32.7 Å². The summed E-state index contributed by atoms with van der Waals surface area (Å²) in [5.74, 6) is -0.312. The van der Waals surface area contributed by atoms with Gasteiger partial charge in [0.25, 0.3) is 0 Å². The number of halogens is 1. The van der Waals surface area contributed by atoms with Gasteiger partial charge in [0.1, 0.15) is 6.54 Å². The zero-order valence-electron chi connectivity index (χ0n) is 15.2. The highest BCUT2D eigenvalue weighted by molar-refractivity contribution is 14.1. The fourth-order valence-corrected chi connectivity index (χ4v) is 4.14. The van der Waals surface area contributed by atoms with Crippen LogP contribution in [0.3, 0.4) is 0 Å². The first-order chi connectivity index (χ1) is 10.7. The fourth-order valence-electron chi connectivity index (χ4n) is 2.92. The summed E-state index contributed by atoms with van der Waals surface area (Å²) in [4.78, 5) is 12.4. The smallest absolute Gasteiger partial charge is 0.241 e. The average Bonchev–Trinajstić information content (AvgIpc) is 2.32. The Balaban J connectivity index is 2.92. The number of carbonyl (C=O) groups excluding carboxylic acids is 1. The number of benzene rings is 1. The maximum atomic E-state index is 12.4. The summed E-state index contributed by atoms with van der Waals surface area (Å²) in [7, 11) is -3.55. The molecule has 0 fully saturated rings. The second-order valence-electron chi connectivity index (χ2n) is 7.92. The maximum absolute atomic E-state index is 12.4. The van der Waals surface area contributed by atoms with Gasteiger partial charge in [0.2, 0.25) is 15.9 Å². The van der Waals surface area contributed by atoms with E-state index in [-0.39, 0.29) is 17.9 Å². The van der Waals surface area contributed by atoms with Crippen LogP contribution in [-0.2, 0) is 14.8 Å². The van der Waals surface area contributed by atoms with Gasteiger partial charge in [-0.2, -0.15) is 0 Å². The Labute approximate surface area is 159 Å². The van der Waals surface area contributed by atoms with Crippen molar-refractivity contribution >= 4 is 44.2 Å². The number of sulfonamides is 1. The lowest BCUT2D eigenvalue weighted by molar-refractivity contribution is -0.121. The number of hydrogen-bond acceptors (Lipinski definition) is 3. The quantitative estimate of drug-likeness (QED) is 0.654. The van der Waals surface area contributed by atoms with E-state index >= 15 is 0 Å². The summed E-state index contributed by atoms with van der Waals surface area (Å²) in [6.45, 7) is 9.99. The number of amides is 1. The molecule has 1 aromatic carbocycles. The van der Waals surface area contributed by atoms with Crippen molar-refractivity contribution in [1.29, 1.82) is 0 Å². The first-order valence-electron chi connectivity index (χ1n) is 7.74. The van der Waals surface area contributed by atoms with E-state index in [1.807, 2.05) is 26.0 Å². The van der Waals surface area contributed by atoms with Crippen LogP contribution in [0.2, 0.25) is 0 Å². The van der Waals surface area contributed by atoms with Crippen LogP contribution in [0, 0.1) is 8.99 Å². The van der Waals surface area contributed by atoms with Crippen molar-refractivity contribution in [2.24, 2.45) is 5.41 Å². The lowest BCUT2D eigenvalue weighted by Crippen LogP contribution is -2.50. The van der Waals surface area contributed by atoms with Gasteiger partial charge in [-0.1, -0.05) is 20.8 Å². The molecule has 0 aromatic heterocycles. The Kier molecular flexibility index (Phi) is 6.71. The predicted octanol–water partition coefficient (Wildman–Crippen LogP) is 3.39. The lowest BCUT2D eigenvalue weighted by Gasteiger charge is -2.34. The third-order valence-corrected chi connectivity index (χ3v) is 5.11. The molecule has 0 saturated carbocycles. The minimum atomic E-state index is -3.55. The summed E-state index contributed by atoms with van der Waals surface area (Å²) in [5.41, 5.74) is 0.134. The first-order valence-corrected chi connectivity index (χ1v) is 10.7. The molecule has 136 valence electrons. The molecule has 1 aromatic rings. The first kappa shape index (κ1) is 21.2. The van der Waals surface area contributed by atoms with E-state index in [2.05, 4.69) is 48.7 Å². The number of hydrogen-bond donors (Lipinski definition) is 1. The number of nitrogens with one attached hydrogen (secondary N) is 1. The molecule has 0 radical (unpaired) electrons. The predicted molar refractivity (Wildman–Crippen MR) is 108 cm³/mol. The van der Waals surface area contributed by atoms with E-state index in [0.29, 0.717) is 5.69 Å². The van der Waals surface area contributed by atoms with Crippen LogP contribution in [0.4, 0.5) is 5.69 Å². The molecule has 1 rings (SSSR count). The third kappa shape index (κ3) is 7.38. The average molecular weight is 466 g/mol. The monoisotopic (exact) mass is 466 g/mol.